The zero-order valence-electron chi connectivity index (χ0n) is 14.7. The number of nitrogens with zero attached hydrogens (tertiary/aromatic N) is 1. The summed E-state index contributed by atoms with van der Waals surface area (Å²) < 4.78 is 50.7. The van der Waals surface area contributed by atoms with Gasteiger partial charge in [-0.25, -0.2) is 18.5 Å². The lowest BCUT2D eigenvalue weighted by atomic mass is 10.2. The summed E-state index contributed by atoms with van der Waals surface area (Å²) in [5.41, 5.74) is -1.46. The molecular weight excluding hydrogens is 481 g/mol. The number of nitrogens with one attached hydrogen (secondary N) is 1. The zero-order valence-corrected chi connectivity index (χ0v) is 17.4. The van der Waals surface area contributed by atoms with Crippen molar-refractivity contribution in [3.63, 3.8) is 0 Å². The summed E-state index contributed by atoms with van der Waals surface area (Å²) in [7, 11) is -17.1. The van der Waals surface area contributed by atoms with Gasteiger partial charge in [-0.05, 0) is 6.92 Å². The van der Waals surface area contributed by atoms with Crippen molar-refractivity contribution in [2.24, 2.45) is 0 Å². The summed E-state index contributed by atoms with van der Waals surface area (Å²) >= 11 is 0. The van der Waals surface area contributed by atoms with Crippen LogP contribution in [-0.4, -0.2) is 57.8 Å². The number of ether oxygens (including phenoxy) is 1. The molecular formula is C10H17N2O15P3. The number of H-pyrrole nitrogens is 1. The third-order valence-electron chi connectivity index (χ3n) is 3.53. The van der Waals surface area contributed by atoms with Gasteiger partial charge in [-0.1, -0.05) is 0 Å². The second-order valence-electron chi connectivity index (χ2n) is 5.92. The second kappa shape index (κ2) is 8.84. The number of phosphoric ester groups is 1. The first-order chi connectivity index (χ1) is 13.5. The van der Waals surface area contributed by atoms with E-state index in [1.807, 2.05) is 4.98 Å². The van der Waals surface area contributed by atoms with Gasteiger partial charge in [0.15, 0.2) is 6.29 Å². The number of aryl methyl sites for hydroxylation is 1. The Balaban J connectivity index is 2.11. The van der Waals surface area contributed by atoms with Gasteiger partial charge in [-0.3, -0.25) is 18.9 Å². The van der Waals surface area contributed by atoms with Crippen LogP contribution in [0.3, 0.4) is 0 Å². The largest absolute Gasteiger partial charge is 0.490 e. The summed E-state index contributed by atoms with van der Waals surface area (Å²) in [5, 5.41) is 19.9. The molecule has 1 saturated heterocycles. The van der Waals surface area contributed by atoms with Gasteiger partial charge in [0, 0.05) is 18.2 Å². The van der Waals surface area contributed by atoms with Gasteiger partial charge >= 0.3 is 29.2 Å². The Morgan fingerprint density at radius 2 is 1.77 bits per heavy atom. The molecule has 0 aromatic carbocycles. The van der Waals surface area contributed by atoms with E-state index >= 15 is 0 Å². The van der Waals surface area contributed by atoms with Crippen LogP contribution in [0.1, 0.15) is 18.2 Å². The minimum Gasteiger partial charge on any atom is -0.390 e. The number of rotatable bonds is 8. The molecule has 20 heteroatoms. The number of aliphatic hydroxyl groups excluding tert-OH is 2. The molecule has 2 heterocycles. The molecule has 30 heavy (non-hydrogen) atoms. The number of hydrogen-bond donors (Lipinski definition) is 7. The molecule has 172 valence electrons. The molecule has 6 atom stereocenters. The van der Waals surface area contributed by atoms with Crippen LogP contribution in [0.25, 0.3) is 0 Å². The molecule has 0 saturated carbocycles. The van der Waals surface area contributed by atoms with Crippen LogP contribution in [0.4, 0.5) is 0 Å². The Bertz CT molecular complexity index is 1040. The average molecular weight is 498 g/mol. The molecule has 1 aliphatic rings. The summed E-state index contributed by atoms with van der Waals surface area (Å²) in [6.07, 6.45) is -6.32. The normalized spacial score (nSPS) is 27.4. The predicted octanol–water partition coefficient (Wildman–Crippen LogP) is -1.84. The summed E-state index contributed by atoms with van der Waals surface area (Å²) in [6, 6.07) is 0. The third-order valence-corrected chi connectivity index (χ3v) is 7.34. The molecule has 0 radical (unpaired) electrons. The van der Waals surface area contributed by atoms with Crippen LogP contribution in [0.5, 0.6) is 0 Å². The van der Waals surface area contributed by atoms with Gasteiger partial charge in [0.25, 0.3) is 5.56 Å². The lowest BCUT2D eigenvalue weighted by Gasteiger charge is -2.23. The van der Waals surface area contributed by atoms with Crippen molar-refractivity contribution in [2.75, 3.05) is 0 Å². The third kappa shape index (κ3) is 6.73. The van der Waals surface area contributed by atoms with E-state index in [2.05, 4.69) is 13.1 Å². The van der Waals surface area contributed by atoms with Crippen LogP contribution < -0.4 is 11.2 Å². The minimum absolute atomic E-state index is 0.116. The highest BCUT2D eigenvalue weighted by molar-refractivity contribution is 7.66. The molecule has 1 fully saturated rings. The Morgan fingerprint density at radius 1 is 1.17 bits per heavy atom. The van der Waals surface area contributed by atoms with E-state index in [0.717, 1.165) is 10.8 Å². The standard InChI is InChI=1S/C10H17N2O15P3/c1-4-3-12(10(16)11-8(4)14)6-2-5(13)7(24-6)9(15)25-29(20,21)27-30(22,23)26-28(17,18)19/h3,5-7,9,13,15H,2H2,1H3,(H,20,21)(H,22,23)(H,11,14,16)(H2,17,18,19)/t5-,6+,7-,9?/m0/s1. The second-order valence-corrected chi connectivity index (χ2v) is 10.3. The number of phosphoric acid groups is 3. The van der Waals surface area contributed by atoms with Crippen molar-refractivity contribution in [3.8, 4) is 0 Å². The highest BCUT2D eigenvalue weighted by Crippen LogP contribution is 2.66. The Kier molecular flexibility index (Phi) is 7.44. The van der Waals surface area contributed by atoms with Crippen molar-refractivity contribution >= 4 is 23.5 Å². The zero-order chi connectivity index (χ0) is 23.1. The van der Waals surface area contributed by atoms with Crippen LogP contribution in [-0.2, 0) is 31.6 Å². The number of hydrogen-bond acceptors (Lipinski definition) is 11. The average Bonchev–Trinajstić information content (AvgIpc) is 2.88. The van der Waals surface area contributed by atoms with E-state index in [1.54, 1.807) is 0 Å². The number of aromatic amines is 1. The fourth-order valence-corrected chi connectivity index (χ4v) is 5.45. The quantitative estimate of drug-likeness (QED) is 0.153. The highest BCUT2D eigenvalue weighted by atomic mass is 31.3. The molecule has 0 spiro atoms. The van der Waals surface area contributed by atoms with E-state index in [0.29, 0.717) is 0 Å². The minimum atomic E-state index is -5.81. The molecule has 0 aliphatic carbocycles. The maximum atomic E-state index is 11.9. The molecule has 2 rings (SSSR count). The van der Waals surface area contributed by atoms with E-state index in [1.165, 1.54) is 6.92 Å². The van der Waals surface area contributed by atoms with Crippen molar-refractivity contribution < 1.29 is 61.4 Å². The molecule has 0 amide bonds. The maximum Gasteiger partial charge on any atom is 0.490 e. The van der Waals surface area contributed by atoms with E-state index in [9.17, 15) is 38.4 Å². The number of aromatic nitrogens is 2. The summed E-state index contributed by atoms with van der Waals surface area (Å²) in [5.74, 6) is 0. The Labute approximate surface area is 165 Å². The first-order valence-electron chi connectivity index (χ1n) is 7.65. The van der Waals surface area contributed by atoms with Crippen molar-refractivity contribution in [1.82, 2.24) is 9.55 Å². The van der Waals surface area contributed by atoms with Gasteiger partial charge in [0.05, 0.1) is 6.10 Å². The van der Waals surface area contributed by atoms with Crippen LogP contribution in [0, 0.1) is 6.92 Å². The van der Waals surface area contributed by atoms with Crippen LogP contribution in [0.2, 0.25) is 0 Å². The highest BCUT2D eigenvalue weighted by Gasteiger charge is 2.46. The Hall–Kier alpha value is -1.03. The van der Waals surface area contributed by atoms with Gasteiger partial charge < -0.3 is 34.5 Å². The van der Waals surface area contributed by atoms with E-state index in [-0.39, 0.29) is 12.0 Å². The summed E-state index contributed by atoms with van der Waals surface area (Å²) in [6.45, 7) is 1.38. The number of aliphatic hydroxyl groups is 2. The van der Waals surface area contributed by atoms with E-state index in [4.69, 9.17) is 19.4 Å². The van der Waals surface area contributed by atoms with Crippen LogP contribution >= 0.6 is 23.5 Å². The predicted molar refractivity (Wildman–Crippen MR) is 91.6 cm³/mol. The lowest BCUT2D eigenvalue weighted by molar-refractivity contribution is -0.161. The molecule has 17 nitrogen and oxygen atoms in total. The fraction of sp³-hybridized carbons (Fsp3) is 0.600. The van der Waals surface area contributed by atoms with Crippen molar-refractivity contribution in [3.05, 3.63) is 32.6 Å². The summed E-state index contributed by atoms with van der Waals surface area (Å²) in [4.78, 5) is 60.6. The van der Waals surface area contributed by atoms with Gasteiger partial charge in [0.2, 0.25) is 0 Å². The molecule has 1 aliphatic heterocycles. The maximum absolute atomic E-state index is 11.9. The Morgan fingerprint density at radius 3 is 2.33 bits per heavy atom. The fourth-order valence-electron chi connectivity index (χ4n) is 2.40. The first kappa shape index (κ1) is 25.2. The SMILES string of the molecule is Cc1cn([C@H]2C[C@H](O)[C@@H](C(O)OP(=O)(O)OP(=O)(O)OP(=O)(O)O)O2)c(=O)[nH]c1=O. The van der Waals surface area contributed by atoms with Gasteiger partial charge in [-0.2, -0.15) is 8.62 Å². The molecule has 1 aromatic heterocycles. The van der Waals surface area contributed by atoms with Crippen molar-refractivity contribution in [1.29, 1.82) is 0 Å². The molecule has 1 aromatic rings. The molecule has 7 N–H and O–H groups in total. The van der Waals surface area contributed by atoms with Crippen LogP contribution in [0.15, 0.2) is 15.8 Å². The van der Waals surface area contributed by atoms with Gasteiger partial charge in [0.1, 0.15) is 12.3 Å². The lowest BCUT2D eigenvalue weighted by Crippen LogP contribution is -2.36. The first-order valence-corrected chi connectivity index (χ1v) is 12.2. The molecule has 3 unspecified atom stereocenters. The monoisotopic (exact) mass is 498 g/mol. The van der Waals surface area contributed by atoms with E-state index < -0.39 is 59.4 Å². The van der Waals surface area contributed by atoms with Gasteiger partial charge in [-0.15, -0.1) is 0 Å². The smallest absolute Gasteiger partial charge is 0.390 e. The van der Waals surface area contributed by atoms with Crippen molar-refractivity contribution in [2.45, 2.75) is 38.1 Å². The molecule has 0 bridgehead atoms. The topological polar surface area (TPSA) is 264 Å².